The Morgan fingerprint density at radius 3 is 2.77 bits per heavy atom. The van der Waals surface area contributed by atoms with Crippen molar-refractivity contribution in [2.75, 3.05) is 36.0 Å². The predicted molar refractivity (Wildman–Crippen MR) is 122 cm³/mol. The first-order chi connectivity index (χ1) is 14.4. The zero-order chi connectivity index (χ0) is 21.6. The average molecular weight is 490 g/mol. The van der Waals surface area contributed by atoms with Crippen LogP contribution in [0.15, 0.2) is 27.4 Å². The van der Waals surface area contributed by atoms with Gasteiger partial charge in [0.05, 0.1) is 10.8 Å². The van der Waals surface area contributed by atoms with E-state index >= 15 is 0 Å². The number of piperidine rings is 1. The number of aromatic nitrogens is 2. The van der Waals surface area contributed by atoms with Crippen molar-refractivity contribution in [2.24, 2.45) is 0 Å². The third kappa shape index (κ3) is 6.07. The fourth-order valence-electron chi connectivity index (χ4n) is 2.92. The minimum Gasteiger partial charge on any atom is -0.360 e. The zero-order valence-corrected chi connectivity index (χ0v) is 19.8. The normalized spacial score (nSPS) is 15.1. The highest BCUT2D eigenvalue weighted by Crippen LogP contribution is 2.30. The molecule has 12 heteroatoms. The summed E-state index contributed by atoms with van der Waals surface area (Å²) in [6, 6.07) is 4.52. The van der Waals surface area contributed by atoms with Gasteiger partial charge in [-0.3, -0.25) is 4.79 Å². The maximum atomic E-state index is 12.9. The molecule has 0 radical (unpaired) electrons. The second-order valence-corrected chi connectivity index (χ2v) is 11.3. The third-order valence-corrected chi connectivity index (χ3v) is 8.80. The van der Waals surface area contributed by atoms with Crippen molar-refractivity contribution < 1.29 is 13.2 Å². The van der Waals surface area contributed by atoms with Crippen molar-refractivity contribution in [1.82, 2.24) is 14.5 Å². The first-order valence-electron chi connectivity index (χ1n) is 9.70. The Balaban J connectivity index is 1.61. The molecule has 1 aromatic carbocycles. The smallest absolute Gasteiger partial charge is 0.244 e. The van der Waals surface area contributed by atoms with Crippen LogP contribution in [0.2, 0.25) is 5.02 Å². The lowest BCUT2D eigenvalue weighted by molar-refractivity contribution is -0.113. The number of thioether (sulfide) groups is 1. The molecule has 1 aromatic heterocycles. The lowest BCUT2D eigenvalue weighted by Crippen LogP contribution is -2.35. The van der Waals surface area contributed by atoms with Crippen LogP contribution in [0.25, 0.3) is 0 Å². The Labute approximate surface area is 189 Å². The Morgan fingerprint density at radius 2 is 2.03 bits per heavy atom. The number of hydrogen-bond donors (Lipinski definition) is 2. The molecular weight excluding hydrogens is 466 g/mol. The molecule has 3 rings (SSSR count). The van der Waals surface area contributed by atoms with Crippen molar-refractivity contribution in [3.63, 3.8) is 0 Å². The number of carbonyl (C=O) groups is 1. The summed E-state index contributed by atoms with van der Waals surface area (Å²) in [5, 5.41) is 14.8. The van der Waals surface area contributed by atoms with E-state index in [1.54, 1.807) is 6.07 Å². The SMILES string of the molecule is CCCNc1nnc(SCC(=O)Nc2ccc(Cl)c(S(=O)(=O)N3CCCCC3)c2)s1. The van der Waals surface area contributed by atoms with E-state index in [0.717, 1.165) is 37.4 Å². The number of amides is 1. The van der Waals surface area contributed by atoms with Gasteiger partial charge < -0.3 is 10.6 Å². The maximum absolute atomic E-state index is 12.9. The van der Waals surface area contributed by atoms with Crippen molar-refractivity contribution >= 4 is 61.4 Å². The molecule has 0 bridgehead atoms. The largest absolute Gasteiger partial charge is 0.360 e. The Bertz CT molecular complexity index is 977. The predicted octanol–water partition coefficient (Wildman–Crippen LogP) is 3.92. The molecule has 164 valence electrons. The minimum atomic E-state index is -3.69. The Kier molecular flexibility index (Phi) is 8.35. The monoisotopic (exact) mass is 489 g/mol. The number of hydrogen-bond acceptors (Lipinski definition) is 8. The number of halogens is 1. The molecule has 1 saturated heterocycles. The molecule has 30 heavy (non-hydrogen) atoms. The van der Waals surface area contributed by atoms with Crippen LogP contribution in [0.4, 0.5) is 10.8 Å². The zero-order valence-electron chi connectivity index (χ0n) is 16.6. The summed E-state index contributed by atoms with van der Waals surface area (Å²) in [6.45, 7) is 3.86. The number of sulfonamides is 1. The molecule has 0 aliphatic carbocycles. The van der Waals surface area contributed by atoms with Gasteiger partial charge in [0.25, 0.3) is 0 Å². The van der Waals surface area contributed by atoms with Crippen LogP contribution < -0.4 is 10.6 Å². The van der Waals surface area contributed by atoms with Crippen LogP contribution >= 0.6 is 34.7 Å². The van der Waals surface area contributed by atoms with E-state index in [0.29, 0.717) is 23.1 Å². The number of anilines is 2. The molecule has 1 fully saturated rings. The summed E-state index contributed by atoms with van der Waals surface area (Å²) in [4.78, 5) is 12.3. The van der Waals surface area contributed by atoms with Gasteiger partial charge in [0.1, 0.15) is 4.90 Å². The highest BCUT2D eigenvalue weighted by Gasteiger charge is 2.28. The fraction of sp³-hybridized carbons (Fsp3) is 0.500. The van der Waals surface area contributed by atoms with Gasteiger partial charge >= 0.3 is 0 Å². The van der Waals surface area contributed by atoms with Crippen molar-refractivity contribution in [1.29, 1.82) is 0 Å². The van der Waals surface area contributed by atoms with Crippen LogP contribution in [-0.2, 0) is 14.8 Å². The molecule has 8 nitrogen and oxygen atoms in total. The second-order valence-electron chi connectivity index (χ2n) is 6.75. The Morgan fingerprint density at radius 1 is 1.27 bits per heavy atom. The molecule has 0 unspecified atom stereocenters. The maximum Gasteiger partial charge on any atom is 0.244 e. The molecule has 0 saturated carbocycles. The van der Waals surface area contributed by atoms with Gasteiger partial charge in [-0.1, -0.05) is 48.0 Å². The molecule has 1 aliphatic rings. The van der Waals surface area contributed by atoms with Crippen molar-refractivity contribution in [3.8, 4) is 0 Å². The van der Waals surface area contributed by atoms with Crippen LogP contribution in [-0.4, -0.2) is 54.2 Å². The molecule has 2 heterocycles. The molecule has 2 aromatic rings. The number of rotatable bonds is 9. The summed E-state index contributed by atoms with van der Waals surface area (Å²) in [7, 11) is -3.69. The molecule has 1 aliphatic heterocycles. The van der Waals surface area contributed by atoms with E-state index in [-0.39, 0.29) is 21.6 Å². The Hall–Kier alpha value is -1.40. The van der Waals surface area contributed by atoms with Gasteiger partial charge in [-0.05, 0) is 37.5 Å². The van der Waals surface area contributed by atoms with Gasteiger partial charge in [-0.25, -0.2) is 8.42 Å². The van der Waals surface area contributed by atoms with E-state index in [9.17, 15) is 13.2 Å². The van der Waals surface area contributed by atoms with Crippen LogP contribution in [0.5, 0.6) is 0 Å². The fourth-order valence-corrected chi connectivity index (χ4v) is 6.51. The molecular formula is C18H24ClN5O3S3. The number of benzene rings is 1. The number of nitrogens with one attached hydrogen (secondary N) is 2. The van der Waals surface area contributed by atoms with Gasteiger partial charge in [-0.15, -0.1) is 10.2 Å². The van der Waals surface area contributed by atoms with E-state index in [2.05, 4.69) is 27.8 Å². The molecule has 1 amide bonds. The first-order valence-corrected chi connectivity index (χ1v) is 13.3. The molecule has 0 atom stereocenters. The van der Waals surface area contributed by atoms with Gasteiger partial charge in [0.15, 0.2) is 4.34 Å². The molecule has 0 spiro atoms. The quantitative estimate of drug-likeness (QED) is 0.514. The van der Waals surface area contributed by atoms with Crippen LogP contribution in [0.3, 0.4) is 0 Å². The summed E-state index contributed by atoms with van der Waals surface area (Å²) in [5.74, 6) is -0.124. The average Bonchev–Trinajstić information content (AvgIpc) is 3.20. The summed E-state index contributed by atoms with van der Waals surface area (Å²) < 4.78 is 28.0. The molecule has 2 N–H and O–H groups in total. The highest BCUT2D eigenvalue weighted by atomic mass is 35.5. The minimum absolute atomic E-state index is 0.0206. The third-order valence-electron chi connectivity index (χ3n) is 4.41. The summed E-state index contributed by atoms with van der Waals surface area (Å²) in [5.41, 5.74) is 0.392. The lowest BCUT2D eigenvalue weighted by atomic mass is 10.2. The summed E-state index contributed by atoms with van der Waals surface area (Å²) in [6.07, 6.45) is 3.69. The van der Waals surface area contributed by atoms with Crippen LogP contribution in [0.1, 0.15) is 32.6 Å². The number of carbonyl (C=O) groups excluding carboxylic acids is 1. The lowest BCUT2D eigenvalue weighted by Gasteiger charge is -2.26. The standard InChI is InChI=1S/C18H24ClN5O3S3/c1-2-8-20-17-22-23-18(29-17)28-12-16(25)21-13-6-7-14(19)15(11-13)30(26,27)24-9-4-3-5-10-24/h6-7,11H,2-5,8-10,12H2,1H3,(H,20,22)(H,21,25). The van der Waals surface area contributed by atoms with E-state index in [1.807, 2.05) is 0 Å². The van der Waals surface area contributed by atoms with Crippen molar-refractivity contribution in [3.05, 3.63) is 23.2 Å². The topological polar surface area (TPSA) is 104 Å². The van der Waals surface area contributed by atoms with Gasteiger partial charge in [0.2, 0.25) is 21.1 Å². The van der Waals surface area contributed by atoms with E-state index in [1.165, 1.54) is 39.5 Å². The second kappa shape index (κ2) is 10.8. The van der Waals surface area contributed by atoms with Crippen molar-refractivity contribution in [2.45, 2.75) is 41.8 Å². The van der Waals surface area contributed by atoms with E-state index < -0.39 is 10.0 Å². The van der Waals surface area contributed by atoms with Crippen LogP contribution in [0, 0.1) is 0 Å². The first kappa shape index (κ1) is 23.3. The highest BCUT2D eigenvalue weighted by molar-refractivity contribution is 8.01. The van der Waals surface area contributed by atoms with E-state index in [4.69, 9.17) is 11.6 Å². The van der Waals surface area contributed by atoms with Gasteiger partial charge in [-0.2, -0.15) is 4.31 Å². The number of nitrogens with zero attached hydrogens (tertiary/aromatic N) is 3. The summed E-state index contributed by atoms with van der Waals surface area (Å²) >= 11 is 8.84. The van der Waals surface area contributed by atoms with Gasteiger partial charge in [0, 0.05) is 25.3 Å².